The number of halogens is 3. The lowest BCUT2D eigenvalue weighted by atomic mass is 10.1. The monoisotopic (exact) mass is 440 g/mol. The number of hydrogen-bond donors (Lipinski definition) is 1. The van der Waals surface area contributed by atoms with E-state index in [0.29, 0.717) is 28.1 Å². The van der Waals surface area contributed by atoms with Gasteiger partial charge in [-0.2, -0.15) is 0 Å². The van der Waals surface area contributed by atoms with Crippen LogP contribution in [0.15, 0.2) is 60.7 Å². The highest BCUT2D eigenvalue weighted by molar-refractivity contribution is 5.92. The maximum Gasteiger partial charge on any atom is 0.261 e. The third kappa shape index (κ3) is 5.26. The zero-order chi connectivity index (χ0) is 22.7. The molecule has 0 unspecified atom stereocenters. The van der Waals surface area contributed by atoms with Crippen molar-refractivity contribution in [2.24, 2.45) is 0 Å². The van der Waals surface area contributed by atoms with Gasteiger partial charge in [-0.15, -0.1) is 0 Å². The fourth-order valence-electron chi connectivity index (χ4n) is 3.51. The highest BCUT2D eigenvalue weighted by atomic mass is 19.1. The number of nitrogens with one attached hydrogen (secondary N) is 1. The van der Waals surface area contributed by atoms with Gasteiger partial charge in [0.05, 0.1) is 6.42 Å². The second-order valence-electron chi connectivity index (χ2n) is 7.49. The summed E-state index contributed by atoms with van der Waals surface area (Å²) in [6.45, 7) is -0.0491. The molecule has 32 heavy (non-hydrogen) atoms. The summed E-state index contributed by atoms with van der Waals surface area (Å²) in [4.78, 5) is 26.3. The molecule has 2 amide bonds. The van der Waals surface area contributed by atoms with Gasteiger partial charge in [0, 0.05) is 30.4 Å². The van der Waals surface area contributed by atoms with E-state index >= 15 is 0 Å². The van der Waals surface area contributed by atoms with Crippen LogP contribution >= 0.6 is 0 Å². The number of anilines is 1. The molecule has 0 saturated carbocycles. The van der Waals surface area contributed by atoms with Gasteiger partial charge in [-0.05, 0) is 53.6 Å². The van der Waals surface area contributed by atoms with Crippen LogP contribution in [-0.4, -0.2) is 23.3 Å². The Bertz CT molecular complexity index is 1150. The topological polar surface area (TPSA) is 58.6 Å². The van der Waals surface area contributed by atoms with Gasteiger partial charge < -0.3 is 15.0 Å². The summed E-state index contributed by atoms with van der Waals surface area (Å²) in [5.74, 6) is -1.93. The quantitative estimate of drug-likeness (QED) is 0.647. The first-order valence-corrected chi connectivity index (χ1v) is 9.88. The highest BCUT2D eigenvalue weighted by Gasteiger charge is 2.22. The number of amides is 2. The number of hydrogen-bond acceptors (Lipinski definition) is 3. The highest BCUT2D eigenvalue weighted by Crippen LogP contribution is 2.28. The largest absolute Gasteiger partial charge is 0.483 e. The molecule has 3 aromatic rings. The normalized spacial score (nSPS) is 13.2. The molecule has 164 valence electrons. The van der Waals surface area contributed by atoms with E-state index in [2.05, 4.69) is 5.32 Å². The molecule has 3 aromatic carbocycles. The van der Waals surface area contributed by atoms with Crippen LogP contribution in [0.25, 0.3) is 0 Å². The third-order valence-corrected chi connectivity index (χ3v) is 4.98. The molecule has 0 aromatic heterocycles. The van der Waals surface area contributed by atoms with Gasteiger partial charge in [0.1, 0.15) is 23.2 Å². The Morgan fingerprint density at radius 2 is 1.62 bits per heavy atom. The van der Waals surface area contributed by atoms with Gasteiger partial charge in [-0.25, -0.2) is 13.2 Å². The molecule has 0 fully saturated rings. The van der Waals surface area contributed by atoms with Crippen molar-refractivity contribution in [2.75, 3.05) is 11.9 Å². The summed E-state index contributed by atoms with van der Waals surface area (Å²) < 4.78 is 45.6. The van der Waals surface area contributed by atoms with Gasteiger partial charge in [0.25, 0.3) is 5.91 Å². The molecule has 0 aliphatic carbocycles. The van der Waals surface area contributed by atoms with Crippen molar-refractivity contribution in [1.82, 2.24) is 4.90 Å². The molecule has 0 bridgehead atoms. The molecule has 1 heterocycles. The van der Waals surface area contributed by atoms with Crippen molar-refractivity contribution in [2.45, 2.75) is 19.5 Å². The fraction of sp³-hybridized carbons (Fsp3) is 0.167. The van der Waals surface area contributed by atoms with E-state index in [1.165, 1.54) is 29.2 Å². The number of fused-ring (bicyclic) bond motifs is 1. The third-order valence-electron chi connectivity index (χ3n) is 4.98. The lowest BCUT2D eigenvalue weighted by Crippen LogP contribution is -2.31. The molecule has 0 atom stereocenters. The molecule has 1 N–H and O–H groups in total. The number of nitrogens with zero attached hydrogens (tertiary/aromatic N) is 1. The van der Waals surface area contributed by atoms with Crippen LogP contribution in [0, 0.1) is 17.5 Å². The van der Waals surface area contributed by atoms with Gasteiger partial charge in [0.15, 0.2) is 6.61 Å². The molecule has 1 aliphatic rings. The zero-order valence-electron chi connectivity index (χ0n) is 16.9. The molecular weight excluding hydrogens is 421 g/mol. The molecule has 0 saturated heterocycles. The minimum atomic E-state index is -0.718. The van der Waals surface area contributed by atoms with E-state index in [0.717, 1.165) is 6.07 Å². The van der Waals surface area contributed by atoms with E-state index in [-0.39, 0.29) is 43.7 Å². The van der Waals surface area contributed by atoms with Crippen molar-refractivity contribution < 1.29 is 27.5 Å². The Morgan fingerprint density at radius 3 is 2.34 bits per heavy atom. The molecule has 8 heteroatoms. The van der Waals surface area contributed by atoms with Crippen molar-refractivity contribution >= 4 is 17.5 Å². The number of carbonyl (C=O) groups excluding carboxylic acids is 2. The smallest absolute Gasteiger partial charge is 0.261 e. The number of rotatable bonds is 5. The summed E-state index contributed by atoms with van der Waals surface area (Å²) in [6, 6.07) is 13.8. The summed E-state index contributed by atoms with van der Waals surface area (Å²) in [5.41, 5.74) is 2.14. The zero-order valence-corrected chi connectivity index (χ0v) is 16.9. The van der Waals surface area contributed by atoms with Crippen LogP contribution < -0.4 is 10.1 Å². The molecular formula is C24H19F3N2O3. The molecule has 4 rings (SSSR count). The Morgan fingerprint density at radius 1 is 0.906 bits per heavy atom. The lowest BCUT2D eigenvalue weighted by molar-refractivity contribution is -0.133. The molecule has 5 nitrogen and oxygen atoms in total. The van der Waals surface area contributed by atoms with Crippen molar-refractivity contribution in [1.29, 1.82) is 0 Å². The Kier molecular flexibility index (Phi) is 6.11. The van der Waals surface area contributed by atoms with Gasteiger partial charge in [-0.3, -0.25) is 9.59 Å². The Hall–Kier alpha value is -3.81. The maximum absolute atomic E-state index is 13.5. The van der Waals surface area contributed by atoms with E-state index in [4.69, 9.17) is 4.74 Å². The van der Waals surface area contributed by atoms with Crippen LogP contribution in [0.4, 0.5) is 18.9 Å². The van der Waals surface area contributed by atoms with Crippen molar-refractivity contribution in [3.63, 3.8) is 0 Å². The van der Waals surface area contributed by atoms with Crippen LogP contribution in [0.1, 0.15) is 16.7 Å². The SMILES string of the molecule is O=C(Cc1ccc(F)cc1)Nc1ccc2c(c1)CN(Cc1cc(F)cc(F)c1)C(=O)CO2. The van der Waals surface area contributed by atoms with Crippen molar-refractivity contribution in [3.8, 4) is 5.75 Å². The minimum Gasteiger partial charge on any atom is -0.483 e. The maximum atomic E-state index is 13.5. The summed E-state index contributed by atoms with van der Waals surface area (Å²) in [5, 5.41) is 2.78. The number of benzene rings is 3. The first-order valence-electron chi connectivity index (χ1n) is 9.88. The molecule has 0 spiro atoms. The molecule has 0 radical (unpaired) electrons. The van der Waals surface area contributed by atoms with Crippen LogP contribution in [0.5, 0.6) is 5.75 Å². The van der Waals surface area contributed by atoms with Gasteiger partial charge >= 0.3 is 0 Å². The van der Waals surface area contributed by atoms with E-state index in [1.807, 2.05) is 0 Å². The standard InChI is InChI=1S/C24H19F3N2O3/c25-18-3-1-15(2-4-18)9-23(30)28-21-5-6-22-17(10-21)13-29(24(31)14-32-22)12-16-7-19(26)11-20(27)8-16/h1-8,10-11H,9,12-14H2,(H,28,30). The van der Waals surface area contributed by atoms with Crippen LogP contribution in [0.2, 0.25) is 0 Å². The van der Waals surface area contributed by atoms with Crippen molar-refractivity contribution in [3.05, 3.63) is 94.8 Å². The van der Waals surface area contributed by atoms with Crippen LogP contribution in [-0.2, 0) is 29.1 Å². The number of ether oxygens (including phenoxy) is 1. The summed E-state index contributed by atoms with van der Waals surface area (Å²) in [6.07, 6.45) is 0.0730. The predicted molar refractivity (Wildman–Crippen MR) is 111 cm³/mol. The Labute approximate surface area is 182 Å². The summed E-state index contributed by atoms with van der Waals surface area (Å²) >= 11 is 0. The average molecular weight is 440 g/mol. The second-order valence-corrected chi connectivity index (χ2v) is 7.49. The fourth-order valence-corrected chi connectivity index (χ4v) is 3.51. The first kappa shape index (κ1) is 21.4. The van der Waals surface area contributed by atoms with E-state index in [1.54, 1.807) is 30.3 Å². The van der Waals surface area contributed by atoms with Gasteiger partial charge in [-0.1, -0.05) is 12.1 Å². The van der Waals surface area contributed by atoms with E-state index in [9.17, 15) is 22.8 Å². The number of carbonyl (C=O) groups is 2. The van der Waals surface area contributed by atoms with Gasteiger partial charge in [0.2, 0.25) is 5.91 Å². The Balaban J connectivity index is 1.48. The lowest BCUT2D eigenvalue weighted by Gasteiger charge is -2.20. The first-order chi connectivity index (χ1) is 15.4. The van der Waals surface area contributed by atoms with Crippen LogP contribution in [0.3, 0.4) is 0 Å². The predicted octanol–water partition coefficient (Wildman–Crippen LogP) is 4.21. The average Bonchev–Trinajstić information content (AvgIpc) is 2.88. The second kappa shape index (κ2) is 9.13. The summed E-state index contributed by atoms with van der Waals surface area (Å²) in [7, 11) is 0. The minimum absolute atomic E-state index is 0.0114. The van der Waals surface area contributed by atoms with E-state index < -0.39 is 11.6 Å². The molecule has 1 aliphatic heterocycles.